The average Bonchev–Trinajstić information content (AvgIpc) is 2.68. The van der Waals surface area contributed by atoms with Crippen LogP contribution >= 0.6 is 0 Å². The number of allylic oxidation sites excluding steroid dienone is 1. The van der Waals surface area contributed by atoms with Crippen molar-refractivity contribution in [1.82, 2.24) is 0 Å². The van der Waals surface area contributed by atoms with Crippen LogP contribution in [0.25, 0.3) is 17.0 Å². The van der Waals surface area contributed by atoms with E-state index in [2.05, 4.69) is 0 Å². The lowest BCUT2D eigenvalue weighted by Crippen LogP contribution is -1.70. The summed E-state index contributed by atoms with van der Waals surface area (Å²) in [6.45, 7) is 0. The summed E-state index contributed by atoms with van der Waals surface area (Å²) in [5.74, 6) is 0.523. The van der Waals surface area contributed by atoms with E-state index in [1.54, 1.807) is 18.2 Å². The molecular formula is C12H6N2O. The van der Waals surface area contributed by atoms with Gasteiger partial charge in [0.05, 0.1) is 0 Å². The molecule has 2 aromatic rings. The zero-order valence-electron chi connectivity index (χ0n) is 7.77. The molecule has 0 aliphatic carbocycles. The van der Waals surface area contributed by atoms with E-state index in [-0.39, 0.29) is 5.57 Å². The fourth-order valence-corrected chi connectivity index (χ4v) is 1.31. The predicted octanol–water partition coefficient (Wildman–Crippen LogP) is 2.86. The van der Waals surface area contributed by atoms with Crippen LogP contribution in [0.1, 0.15) is 5.76 Å². The number of hydrogen-bond acceptors (Lipinski definition) is 3. The Kier molecular flexibility index (Phi) is 2.23. The molecule has 0 unspecified atom stereocenters. The molecule has 0 amide bonds. The number of rotatable bonds is 1. The number of fused-ring (bicyclic) bond motifs is 1. The van der Waals surface area contributed by atoms with Crippen LogP contribution in [0.5, 0.6) is 0 Å². The van der Waals surface area contributed by atoms with Gasteiger partial charge in [0.2, 0.25) is 0 Å². The molecule has 0 saturated heterocycles. The molecule has 3 nitrogen and oxygen atoms in total. The maximum Gasteiger partial charge on any atom is 0.134 e. The molecule has 0 atom stereocenters. The van der Waals surface area contributed by atoms with Gasteiger partial charge in [-0.3, -0.25) is 0 Å². The zero-order chi connectivity index (χ0) is 10.7. The molecular weight excluding hydrogens is 188 g/mol. The summed E-state index contributed by atoms with van der Waals surface area (Å²) in [5.41, 5.74) is 0.785. The molecule has 0 spiro atoms. The number of furan rings is 1. The van der Waals surface area contributed by atoms with E-state index in [9.17, 15) is 0 Å². The highest BCUT2D eigenvalue weighted by Crippen LogP contribution is 2.20. The molecule has 2 rings (SSSR count). The monoisotopic (exact) mass is 194 g/mol. The Labute approximate surface area is 86.5 Å². The quantitative estimate of drug-likeness (QED) is 0.655. The van der Waals surface area contributed by atoms with Crippen LogP contribution in [0.15, 0.2) is 40.3 Å². The van der Waals surface area contributed by atoms with E-state index < -0.39 is 0 Å². The van der Waals surface area contributed by atoms with Gasteiger partial charge >= 0.3 is 0 Å². The maximum absolute atomic E-state index is 8.58. The molecule has 3 heteroatoms. The normalized spacial score (nSPS) is 9.20. The van der Waals surface area contributed by atoms with Gasteiger partial charge in [0.15, 0.2) is 0 Å². The molecule has 0 fully saturated rings. The minimum atomic E-state index is 0.0362. The molecule has 1 heterocycles. The third-order valence-corrected chi connectivity index (χ3v) is 1.97. The number of benzene rings is 1. The fraction of sp³-hybridized carbons (Fsp3) is 0. The van der Waals surface area contributed by atoms with Crippen LogP contribution in [-0.2, 0) is 0 Å². The molecule has 1 aromatic heterocycles. The van der Waals surface area contributed by atoms with Gasteiger partial charge in [-0.1, -0.05) is 18.2 Å². The topological polar surface area (TPSA) is 60.7 Å². The minimum absolute atomic E-state index is 0.0362. The maximum atomic E-state index is 8.58. The lowest BCUT2D eigenvalue weighted by molar-refractivity contribution is 0.604. The summed E-state index contributed by atoms with van der Waals surface area (Å²) in [6.07, 6.45) is 1.43. The highest BCUT2D eigenvalue weighted by Gasteiger charge is 2.01. The van der Waals surface area contributed by atoms with Crippen molar-refractivity contribution in [1.29, 1.82) is 10.5 Å². The van der Waals surface area contributed by atoms with Gasteiger partial charge in [-0.25, -0.2) is 0 Å². The first kappa shape index (κ1) is 9.05. The largest absolute Gasteiger partial charge is 0.457 e. The summed E-state index contributed by atoms with van der Waals surface area (Å²) >= 11 is 0. The molecule has 0 aliphatic rings. The molecule has 0 radical (unpaired) electrons. The van der Waals surface area contributed by atoms with Gasteiger partial charge in [0, 0.05) is 11.5 Å². The summed E-state index contributed by atoms with van der Waals surface area (Å²) in [4.78, 5) is 0. The highest BCUT2D eigenvalue weighted by atomic mass is 16.3. The summed E-state index contributed by atoms with van der Waals surface area (Å²) in [7, 11) is 0. The molecule has 15 heavy (non-hydrogen) atoms. The molecule has 0 saturated carbocycles. The zero-order valence-corrected chi connectivity index (χ0v) is 7.77. The molecule has 0 bridgehead atoms. The second kappa shape index (κ2) is 3.69. The first-order valence-electron chi connectivity index (χ1n) is 4.34. The third kappa shape index (κ3) is 1.72. The van der Waals surface area contributed by atoms with E-state index in [4.69, 9.17) is 14.9 Å². The van der Waals surface area contributed by atoms with E-state index in [0.29, 0.717) is 5.76 Å². The summed E-state index contributed by atoms with van der Waals surface area (Å²) in [6, 6.07) is 12.9. The first-order chi connectivity index (χ1) is 7.33. The Morgan fingerprint density at radius 3 is 2.60 bits per heavy atom. The third-order valence-electron chi connectivity index (χ3n) is 1.97. The standard InChI is InChI=1S/C12H6N2O/c13-7-9(8-14)5-11-6-10-3-1-2-4-12(10)15-11/h1-6H. The van der Waals surface area contributed by atoms with Crippen LogP contribution in [0.2, 0.25) is 0 Å². The highest BCUT2D eigenvalue weighted by molar-refractivity contribution is 5.80. The van der Waals surface area contributed by atoms with Crippen molar-refractivity contribution in [2.45, 2.75) is 0 Å². The lowest BCUT2D eigenvalue weighted by Gasteiger charge is -1.83. The second-order valence-electron chi connectivity index (χ2n) is 2.97. The van der Waals surface area contributed by atoms with Gasteiger partial charge < -0.3 is 4.42 Å². The fourth-order valence-electron chi connectivity index (χ4n) is 1.31. The number of para-hydroxylation sites is 1. The van der Waals surface area contributed by atoms with E-state index in [1.165, 1.54) is 6.08 Å². The average molecular weight is 194 g/mol. The Balaban J connectivity index is 2.52. The van der Waals surface area contributed by atoms with Gasteiger partial charge in [0.1, 0.15) is 29.1 Å². The van der Waals surface area contributed by atoms with E-state index in [0.717, 1.165) is 11.0 Å². The van der Waals surface area contributed by atoms with Crippen LogP contribution in [-0.4, -0.2) is 0 Å². The van der Waals surface area contributed by atoms with Crippen LogP contribution in [0.3, 0.4) is 0 Å². The van der Waals surface area contributed by atoms with Crippen LogP contribution < -0.4 is 0 Å². The van der Waals surface area contributed by atoms with Crippen molar-refractivity contribution in [3.63, 3.8) is 0 Å². The Morgan fingerprint density at radius 2 is 1.93 bits per heavy atom. The van der Waals surface area contributed by atoms with Gasteiger partial charge in [-0.05, 0) is 12.1 Å². The van der Waals surface area contributed by atoms with Gasteiger partial charge in [0.25, 0.3) is 0 Å². The van der Waals surface area contributed by atoms with Crippen LogP contribution in [0, 0.1) is 22.7 Å². The number of hydrogen-bond donors (Lipinski definition) is 0. The van der Waals surface area contributed by atoms with Crippen molar-refractivity contribution < 1.29 is 4.42 Å². The van der Waals surface area contributed by atoms with E-state index in [1.807, 2.05) is 24.3 Å². The number of nitriles is 2. The van der Waals surface area contributed by atoms with Gasteiger partial charge in [-0.15, -0.1) is 0 Å². The van der Waals surface area contributed by atoms with Crippen molar-refractivity contribution in [2.24, 2.45) is 0 Å². The summed E-state index contributed by atoms with van der Waals surface area (Å²) < 4.78 is 5.42. The SMILES string of the molecule is N#CC(C#N)=Cc1cc2ccccc2o1. The molecule has 0 N–H and O–H groups in total. The van der Waals surface area contributed by atoms with E-state index >= 15 is 0 Å². The Hall–Kier alpha value is -2.52. The number of nitrogens with zero attached hydrogens (tertiary/aromatic N) is 2. The Bertz CT molecular complexity index is 559. The summed E-state index contributed by atoms with van der Waals surface area (Å²) in [5, 5.41) is 18.1. The Morgan fingerprint density at radius 1 is 1.20 bits per heavy atom. The van der Waals surface area contributed by atoms with Crippen LogP contribution in [0.4, 0.5) is 0 Å². The van der Waals surface area contributed by atoms with Crippen molar-refractivity contribution in [3.8, 4) is 12.1 Å². The van der Waals surface area contributed by atoms with Gasteiger partial charge in [-0.2, -0.15) is 10.5 Å². The van der Waals surface area contributed by atoms with Crippen molar-refractivity contribution in [2.75, 3.05) is 0 Å². The molecule has 1 aromatic carbocycles. The minimum Gasteiger partial charge on any atom is -0.457 e. The molecule has 70 valence electrons. The molecule has 0 aliphatic heterocycles. The van der Waals surface area contributed by atoms with Crippen molar-refractivity contribution in [3.05, 3.63) is 41.7 Å². The predicted molar refractivity (Wildman–Crippen MR) is 55.4 cm³/mol. The smallest absolute Gasteiger partial charge is 0.134 e. The van der Waals surface area contributed by atoms with Crippen molar-refractivity contribution >= 4 is 17.0 Å². The second-order valence-corrected chi connectivity index (χ2v) is 2.97. The first-order valence-corrected chi connectivity index (χ1v) is 4.34. The lowest BCUT2D eigenvalue weighted by atomic mass is 10.2.